The number of hydrogen-bond donors (Lipinski definition) is 2. The lowest BCUT2D eigenvalue weighted by Gasteiger charge is -2.33. The van der Waals surface area contributed by atoms with Crippen LogP contribution < -0.4 is 10.2 Å². The molecule has 5 nitrogen and oxygen atoms in total. The van der Waals surface area contributed by atoms with E-state index in [0.717, 1.165) is 28.2 Å². The van der Waals surface area contributed by atoms with E-state index in [4.69, 9.17) is 0 Å². The van der Waals surface area contributed by atoms with Gasteiger partial charge in [0.25, 0.3) is 0 Å². The van der Waals surface area contributed by atoms with Gasteiger partial charge in [-0.05, 0) is 37.6 Å². The average Bonchev–Trinajstić information content (AvgIpc) is 2.98. The minimum Gasteiger partial charge on any atom is -0.350 e. The number of hydrogen-bond acceptors (Lipinski definition) is 4. The van der Waals surface area contributed by atoms with Gasteiger partial charge in [-0.1, -0.05) is 29.8 Å². The number of anilines is 5. The monoisotopic (exact) mass is 325 g/mol. The maximum atomic E-state index is 9.58. The first-order chi connectivity index (χ1) is 12.1. The number of benzene rings is 2. The first-order valence-corrected chi connectivity index (χ1v) is 7.93. The Balaban J connectivity index is 2.06. The third-order valence-electron chi connectivity index (χ3n) is 4.43. The van der Waals surface area contributed by atoms with Gasteiger partial charge in [0.15, 0.2) is 0 Å². The van der Waals surface area contributed by atoms with E-state index in [2.05, 4.69) is 22.4 Å². The number of aromatic nitrogens is 1. The summed E-state index contributed by atoms with van der Waals surface area (Å²) in [6.07, 6.45) is 0. The van der Waals surface area contributed by atoms with Crippen LogP contribution in [0.4, 0.5) is 28.4 Å². The highest BCUT2D eigenvalue weighted by molar-refractivity contribution is 6.01. The van der Waals surface area contributed by atoms with Crippen LogP contribution >= 0.6 is 0 Å². The van der Waals surface area contributed by atoms with Crippen molar-refractivity contribution in [3.8, 4) is 12.1 Å². The number of aromatic amines is 1. The minimum atomic E-state index is 0.357. The van der Waals surface area contributed by atoms with Crippen LogP contribution in [-0.2, 0) is 0 Å². The van der Waals surface area contributed by atoms with Gasteiger partial charge in [-0.2, -0.15) is 10.5 Å². The van der Waals surface area contributed by atoms with E-state index < -0.39 is 0 Å². The largest absolute Gasteiger partial charge is 0.350 e. The van der Waals surface area contributed by atoms with Crippen LogP contribution in [-0.4, -0.2) is 4.98 Å². The first kappa shape index (κ1) is 14.9. The Kier molecular flexibility index (Phi) is 3.23. The summed E-state index contributed by atoms with van der Waals surface area (Å²) in [4.78, 5) is 4.98. The number of para-hydroxylation sites is 1. The molecule has 25 heavy (non-hydrogen) atoms. The zero-order chi connectivity index (χ0) is 17.6. The van der Waals surface area contributed by atoms with Crippen molar-refractivity contribution in [3.05, 3.63) is 65.0 Å². The van der Waals surface area contributed by atoms with Gasteiger partial charge in [0, 0.05) is 5.69 Å². The second-order valence-electron chi connectivity index (χ2n) is 6.09. The number of nitrogens with zero attached hydrogens (tertiary/aromatic N) is 3. The SMILES string of the molecule is Cc1ccc(N2c3c(C)cccc3Nc3c(C#N)[nH]c(C#N)c32)cc1. The molecule has 0 saturated heterocycles. The van der Waals surface area contributed by atoms with Gasteiger partial charge in [0.2, 0.25) is 0 Å². The molecular weight excluding hydrogens is 310 g/mol. The topological polar surface area (TPSA) is 78.6 Å². The molecule has 0 aliphatic carbocycles. The average molecular weight is 325 g/mol. The molecule has 0 atom stereocenters. The van der Waals surface area contributed by atoms with E-state index in [1.807, 2.05) is 61.2 Å². The van der Waals surface area contributed by atoms with Crippen LogP contribution in [0.25, 0.3) is 0 Å². The Morgan fingerprint density at radius 2 is 1.60 bits per heavy atom. The summed E-state index contributed by atoms with van der Waals surface area (Å²) >= 11 is 0. The lowest BCUT2D eigenvalue weighted by molar-refractivity contribution is 1.21. The van der Waals surface area contributed by atoms with Crippen molar-refractivity contribution in [3.63, 3.8) is 0 Å². The minimum absolute atomic E-state index is 0.357. The highest BCUT2D eigenvalue weighted by atomic mass is 15.2. The van der Waals surface area contributed by atoms with Gasteiger partial charge in [-0.3, -0.25) is 0 Å². The first-order valence-electron chi connectivity index (χ1n) is 7.93. The molecule has 0 radical (unpaired) electrons. The highest BCUT2D eigenvalue weighted by Gasteiger charge is 2.31. The maximum Gasteiger partial charge on any atom is 0.145 e. The number of H-pyrrole nitrogens is 1. The van der Waals surface area contributed by atoms with Crippen molar-refractivity contribution < 1.29 is 0 Å². The van der Waals surface area contributed by atoms with E-state index >= 15 is 0 Å². The summed E-state index contributed by atoms with van der Waals surface area (Å²) in [5.41, 5.74) is 7.14. The molecule has 0 spiro atoms. The van der Waals surface area contributed by atoms with E-state index in [9.17, 15) is 10.5 Å². The zero-order valence-electron chi connectivity index (χ0n) is 13.9. The van der Waals surface area contributed by atoms with Crippen molar-refractivity contribution in [1.82, 2.24) is 4.98 Å². The Bertz CT molecular complexity index is 1060. The molecule has 2 N–H and O–H groups in total. The van der Waals surface area contributed by atoms with Gasteiger partial charge < -0.3 is 15.2 Å². The van der Waals surface area contributed by atoms with E-state index in [0.29, 0.717) is 22.8 Å². The van der Waals surface area contributed by atoms with Gasteiger partial charge in [-0.15, -0.1) is 0 Å². The van der Waals surface area contributed by atoms with Gasteiger partial charge in [0.1, 0.15) is 34.9 Å². The van der Waals surface area contributed by atoms with Crippen LogP contribution in [0.3, 0.4) is 0 Å². The van der Waals surface area contributed by atoms with Crippen LogP contribution in [0.2, 0.25) is 0 Å². The predicted molar refractivity (Wildman–Crippen MR) is 97.7 cm³/mol. The number of aryl methyl sites for hydroxylation is 2. The summed E-state index contributed by atoms with van der Waals surface area (Å²) in [6.45, 7) is 4.08. The molecule has 0 fully saturated rings. The second-order valence-corrected chi connectivity index (χ2v) is 6.09. The van der Waals surface area contributed by atoms with E-state index in [1.54, 1.807) is 0 Å². The van der Waals surface area contributed by atoms with Crippen molar-refractivity contribution in [2.75, 3.05) is 10.2 Å². The number of rotatable bonds is 1. The molecule has 0 amide bonds. The Morgan fingerprint density at radius 3 is 2.28 bits per heavy atom. The van der Waals surface area contributed by atoms with E-state index in [1.165, 1.54) is 0 Å². The van der Waals surface area contributed by atoms with Crippen LogP contribution in [0.15, 0.2) is 42.5 Å². The summed E-state index contributed by atoms with van der Waals surface area (Å²) < 4.78 is 0. The van der Waals surface area contributed by atoms with Crippen molar-refractivity contribution in [2.45, 2.75) is 13.8 Å². The molecule has 1 aliphatic rings. The van der Waals surface area contributed by atoms with Crippen molar-refractivity contribution >= 4 is 28.4 Å². The molecule has 120 valence electrons. The lowest BCUT2D eigenvalue weighted by Crippen LogP contribution is -2.19. The fourth-order valence-corrected chi connectivity index (χ4v) is 3.26. The number of fused-ring (bicyclic) bond motifs is 2. The van der Waals surface area contributed by atoms with Crippen LogP contribution in [0.5, 0.6) is 0 Å². The van der Waals surface area contributed by atoms with Gasteiger partial charge >= 0.3 is 0 Å². The predicted octanol–water partition coefficient (Wildman–Crippen LogP) is 4.90. The third kappa shape index (κ3) is 2.14. The lowest BCUT2D eigenvalue weighted by atomic mass is 10.0. The van der Waals surface area contributed by atoms with Crippen molar-refractivity contribution in [2.24, 2.45) is 0 Å². The number of nitriles is 2. The zero-order valence-corrected chi connectivity index (χ0v) is 13.9. The standard InChI is InChI=1S/C20H15N5/c1-12-6-8-14(9-7-12)25-19-13(2)4-3-5-15(19)24-18-16(10-21)23-17(11-22)20(18)25/h3-9,23-24H,1-2H3. The molecule has 0 saturated carbocycles. The van der Waals surface area contributed by atoms with Gasteiger partial charge in [0.05, 0.1) is 11.4 Å². The molecule has 1 aromatic heterocycles. The highest BCUT2D eigenvalue weighted by Crippen LogP contribution is 2.51. The molecule has 0 bridgehead atoms. The summed E-state index contributed by atoms with van der Waals surface area (Å²) in [7, 11) is 0. The maximum absolute atomic E-state index is 9.58. The third-order valence-corrected chi connectivity index (χ3v) is 4.43. The molecule has 4 rings (SSSR count). The smallest absolute Gasteiger partial charge is 0.145 e. The normalized spacial score (nSPS) is 11.8. The molecule has 0 unspecified atom stereocenters. The molecule has 2 heterocycles. The molecule has 1 aliphatic heterocycles. The fourth-order valence-electron chi connectivity index (χ4n) is 3.26. The molecular formula is C20H15N5. The quantitative estimate of drug-likeness (QED) is 0.521. The molecule has 3 aromatic rings. The van der Waals surface area contributed by atoms with Gasteiger partial charge in [-0.25, -0.2) is 0 Å². The van der Waals surface area contributed by atoms with Crippen LogP contribution in [0.1, 0.15) is 22.5 Å². The Morgan fingerprint density at radius 1 is 0.880 bits per heavy atom. The fraction of sp³-hybridized carbons (Fsp3) is 0.100. The van der Waals surface area contributed by atoms with Crippen LogP contribution in [0, 0.1) is 36.5 Å². The van der Waals surface area contributed by atoms with Crippen molar-refractivity contribution in [1.29, 1.82) is 10.5 Å². The molecule has 5 heteroatoms. The summed E-state index contributed by atoms with van der Waals surface area (Å²) in [6, 6.07) is 18.5. The summed E-state index contributed by atoms with van der Waals surface area (Å²) in [5.74, 6) is 0. The van der Waals surface area contributed by atoms with E-state index in [-0.39, 0.29) is 0 Å². The molecule has 2 aromatic carbocycles. The second kappa shape index (κ2) is 5.43. The Labute approximate surface area is 145 Å². The Hall–Kier alpha value is -3.70. The summed E-state index contributed by atoms with van der Waals surface area (Å²) in [5, 5.41) is 22.4. The number of nitrogens with one attached hydrogen (secondary N) is 2.